The first-order valence-electron chi connectivity index (χ1n) is 8.59. The van der Waals surface area contributed by atoms with E-state index >= 15 is 0 Å². The fourth-order valence-electron chi connectivity index (χ4n) is 1.94. The van der Waals surface area contributed by atoms with E-state index in [4.69, 9.17) is 15.3 Å². The summed E-state index contributed by atoms with van der Waals surface area (Å²) in [6.07, 6.45) is 9.81. The van der Waals surface area contributed by atoms with Gasteiger partial charge in [-0.05, 0) is 6.42 Å². The third kappa shape index (κ3) is 23.4. The number of hydrogen-bond acceptors (Lipinski definition) is 6. The standard InChI is InChI=1S/C14H26O3.C3H8O3/c1-2-3-4-5-6-7-8-9-10-11-13(15)12-14(16)17;4-1-3(6)2-5/h2-12H2,1H3,(H,16,17);3-6H,1-2H2/p-1. The lowest BCUT2D eigenvalue weighted by Gasteiger charge is -2.03. The Morgan fingerprint density at radius 2 is 1.30 bits per heavy atom. The first-order chi connectivity index (χ1) is 11.0. The predicted molar refractivity (Wildman–Crippen MR) is 86.7 cm³/mol. The van der Waals surface area contributed by atoms with Crippen LogP contribution in [0.15, 0.2) is 0 Å². The lowest BCUT2D eigenvalue weighted by molar-refractivity contribution is -0.304. The van der Waals surface area contributed by atoms with Gasteiger partial charge in [0.25, 0.3) is 0 Å². The molecule has 0 aliphatic rings. The minimum absolute atomic E-state index is 0.201. The summed E-state index contributed by atoms with van der Waals surface area (Å²) in [5.74, 6) is -1.46. The van der Waals surface area contributed by atoms with Gasteiger partial charge in [0.2, 0.25) is 0 Å². The van der Waals surface area contributed by atoms with Gasteiger partial charge in [-0.15, -0.1) is 0 Å². The minimum Gasteiger partial charge on any atom is -0.550 e. The Bertz CT molecular complexity index is 276. The van der Waals surface area contributed by atoms with Crippen LogP contribution in [0.4, 0.5) is 0 Å². The highest BCUT2D eigenvalue weighted by atomic mass is 16.4. The predicted octanol–water partition coefficient (Wildman–Crippen LogP) is 0.948. The highest BCUT2D eigenvalue weighted by molar-refractivity contribution is 5.93. The zero-order chi connectivity index (χ0) is 17.9. The van der Waals surface area contributed by atoms with Crippen molar-refractivity contribution in [3.8, 4) is 0 Å². The van der Waals surface area contributed by atoms with Crippen molar-refractivity contribution in [3.63, 3.8) is 0 Å². The summed E-state index contributed by atoms with van der Waals surface area (Å²) in [4.78, 5) is 21.2. The van der Waals surface area contributed by atoms with Crippen LogP contribution in [0.1, 0.15) is 77.6 Å². The Labute approximate surface area is 139 Å². The summed E-state index contributed by atoms with van der Waals surface area (Å²) in [7, 11) is 0. The van der Waals surface area contributed by atoms with Crippen LogP contribution in [0.25, 0.3) is 0 Å². The number of unbranched alkanes of at least 4 members (excludes halogenated alkanes) is 8. The summed E-state index contributed by atoms with van der Waals surface area (Å²) in [5, 5.41) is 34.2. The molecular weight excluding hydrogens is 300 g/mol. The molecule has 0 aliphatic carbocycles. The molecule has 0 radical (unpaired) electrons. The van der Waals surface area contributed by atoms with Crippen molar-refractivity contribution in [3.05, 3.63) is 0 Å². The first-order valence-corrected chi connectivity index (χ1v) is 8.59. The lowest BCUT2D eigenvalue weighted by atomic mass is 10.0. The molecule has 3 N–H and O–H groups in total. The third-order valence-corrected chi connectivity index (χ3v) is 3.32. The van der Waals surface area contributed by atoms with E-state index in [1.807, 2.05) is 0 Å². The quantitative estimate of drug-likeness (QED) is 0.322. The molecule has 0 fully saturated rings. The molecule has 0 unspecified atom stereocenters. The van der Waals surface area contributed by atoms with Crippen molar-refractivity contribution in [1.29, 1.82) is 0 Å². The molecular formula is C17H33O6-. The number of carboxylic acids is 1. The van der Waals surface area contributed by atoms with Gasteiger partial charge in [0.15, 0.2) is 0 Å². The van der Waals surface area contributed by atoms with E-state index in [2.05, 4.69) is 6.92 Å². The molecule has 0 saturated carbocycles. The number of carbonyl (C=O) groups is 2. The Balaban J connectivity index is 0. The van der Waals surface area contributed by atoms with Crippen molar-refractivity contribution >= 4 is 11.8 Å². The molecule has 0 amide bonds. The fourth-order valence-corrected chi connectivity index (χ4v) is 1.94. The van der Waals surface area contributed by atoms with Gasteiger partial charge in [-0.25, -0.2) is 0 Å². The van der Waals surface area contributed by atoms with Gasteiger partial charge in [-0.2, -0.15) is 0 Å². The van der Waals surface area contributed by atoms with Crippen LogP contribution in [0, 0.1) is 0 Å². The summed E-state index contributed by atoms with van der Waals surface area (Å²) in [6.45, 7) is 1.48. The monoisotopic (exact) mass is 333 g/mol. The van der Waals surface area contributed by atoms with Gasteiger partial charge in [0, 0.05) is 18.8 Å². The second kappa shape index (κ2) is 19.1. The van der Waals surface area contributed by atoms with Gasteiger partial charge >= 0.3 is 0 Å². The molecule has 138 valence electrons. The van der Waals surface area contributed by atoms with E-state index in [1.54, 1.807) is 0 Å². The maximum atomic E-state index is 11.0. The molecule has 0 saturated heterocycles. The van der Waals surface area contributed by atoms with Gasteiger partial charge in [0.1, 0.15) is 11.9 Å². The number of Topliss-reactive ketones (excluding diaryl/α,β-unsaturated/α-hetero) is 1. The molecule has 0 spiro atoms. The summed E-state index contributed by atoms with van der Waals surface area (Å²) in [6, 6.07) is 0. The zero-order valence-corrected chi connectivity index (χ0v) is 14.3. The molecule has 0 bridgehead atoms. The highest BCUT2D eigenvalue weighted by Gasteiger charge is 2.01. The minimum atomic E-state index is -1.26. The Kier molecular flexibility index (Phi) is 20.1. The normalized spacial score (nSPS) is 10.3. The largest absolute Gasteiger partial charge is 0.550 e. The number of ketones is 1. The topological polar surface area (TPSA) is 118 Å². The Morgan fingerprint density at radius 1 is 0.870 bits per heavy atom. The molecule has 6 nitrogen and oxygen atoms in total. The second-order valence-electron chi connectivity index (χ2n) is 5.68. The van der Waals surface area contributed by atoms with Gasteiger partial charge in [-0.1, -0.05) is 58.3 Å². The zero-order valence-electron chi connectivity index (χ0n) is 14.3. The number of carboxylic acid groups (broad SMARTS) is 1. The molecule has 0 atom stereocenters. The SMILES string of the molecule is CCCCCCCCCCCC(=O)CC(=O)[O-].OCC(O)CO. The maximum Gasteiger partial charge on any atom is 0.138 e. The van der Waals surface area contributed by atoms with Crippen LogP contribution in [-0.2, 0) is 9.59 Å². The molecule has 0 aliphatic heterocycles. The number of rotatable bonds is 14. The number of carbonyl (C=O) groups excluding carboxylic acids is 2. The Hall–Kier alpha value is -0.980. The first kappa shape index (κ1) is 24.3. The molecule has 0 rings (SSSR count). The van der Waals surface area contributed by atoms with Crippen molar-refractivity contribution in [2.45, 2.75) is 83.7 Å². The van der Waals surface area contributed by atoms with Crippen LogP contribution < -0.4 is 5.11 Å². The number of aliphatic hydroxyl groups excluding tert-OH is 3. The van der Waals surface area contributed by atoms with Crippen LogP contribution in [0.5, 0.6) is 0 Å². The van der Waals surface area contributed by atoms with Crippen molar-refractivity contribution < 1.29 is 30.0 Å². The second-order valence-corrected chi connectivity index (χ2v) is 5.68. The van der Waals surface area contributed by atoms with E-state index < -0.39 is 18.5 Å². The maximum absolute atomic E-state index is 11.0. The van der Waals surface area contributed by atoms with E-state index in [0.717, 1.165) is 19.3 Å². The van der Waals surface area contributed by atoms with Crippen LogP contribution >= 0.6 is 0 Å². The van der Waals surface area contributed by atoms with Crippen LogP contribution in [-0.4, -0.2) is 46.4 Å². The lowest BCUT2D eigenvalue weighted by Crippen LogP contribution is -2.25. The summed E-state index contributed by atoms with van der Waals surface area (Å²) >= 11 is 0. The van der Waals surface area contributed by atoms with Crippen molar-refractivity contribution in [2.24, 2.45) is 0 Å². The summed E-state index contributed by atoms with van der Waals surface area (Å²) in [5.41, 5.74) is 0. The van der Waals surface area contributed by atoms with E-state index in [9.17, 15) is 14.7 Å². The van der Waals surface area contributed by atoms with E-state index in [-0.39, 0.29) is 19.0 Å². The van der Waals surface area contributed by atoms with Crippen molar-refractivity contribution in [2.75, 3.05) is 13.2 Å². The van der Waals surface area contributed by atoms with Crippen LogP contribution in [0.2, 0.25) is 0 Å². The number of aliphatic hydroxyl groups is 3. The highest BCUT2D eigenvalue weighted by Crippen LogP contribution is 2.10. The average Bonchev–Trinajstić information content (AvgIpc) is 2.52. The van der Waals surface area contributed by atoms with E-state index in [1.165, 1.54) is 38.5 Å². The molecule has 0 aromatic carbocycles. The smallest absolute Gasteiger partial charge is 0.138 e. The van der Waals surface area contributed by atoms with E-state index in [0.29, 0.717) is 6.42 Å². The Morgan fingerprint density at radius 3 is 1.65 bits per heavy atom. The molecule has 23 heavy (non-hydrogen) atoms. The summed E-state index contributed by atoms with van der Waals surface area (Å²) < 4.78 is 0. The number of hydrogen-bond donors (Lipinski definition) is 3. The van der Waals surface area contributed by atoms with Gasteiger partial charge < -0.3 is 25.2 Å². The average molecular weight is 333 g/mol. The molecule has 0 aromatic heterocycles. The number of aliphatic carboxylic acids is 1. The molecule has 6 heteroatoms. The van der Waals surface area contributed by atoms with Crippen molar-refractivity contribution in [1.82, 2.24) is 0 Å². The van der Waals surface area contributed by atoms with Gasteiger partial charge in [-0.3, -0.25) is 4.79 Å². The molecule has 0 heterocycles. The van der Waals surface area contributed by atoms with Gasteiger partial charge in [0.05, 0.1) is 13.2 Å². The third-order valence-electron chi connectivity index (χ3n) is 3.32. The van der Waals surface area contributed by atoms with Crippen LogP contribution in [0.3, 0.4) is 0 Å². The fraction of sp³-hybridized carbons (Fsp3) is 0.882. The molecule has 0 aromatic rings.